The Morgan fingerprint density at radius 3 is 2.33 bits per heavy atom. The summed E-state index contributed by atoms with van der Waals surface area (Å²) in [6.45, 7) is 0. The van der Waals surface area contributed by atoms with Crippen molar-refractivity contribution in [1.29, 1.82) is 0 Å². The van der Waals surface area contributed by atoms with Crippen LogP contribution in [0.3, 0.4) is 0 Å². The number of nitrogens with zero attached hydrogens (tertiary/aromatic N) is 4. The zero-order valence-electron chi connectivity index (χ0n) is 14.1. The van der Waals surface area contributed by atoms with Crippen molar-refractivity contribution in [1.82, 2.24) is 0 Å². The van der Waals surface area contributed by atoms with Gasteiger partial charge in [0.1, 0.15) is 0 Å². The molecule has 27 heavy (non-hydrogen) atoms. The Bertz CT molecular complexity index is 1030. The molecule has 0 spiro atoms. The molecule has 0 saturated heterocycles. The molecule has 0 aliphatic carbocycles. The summed E-state index contributed by atoms with van der Waals surface area (Å²) in [6, 6.07) is 23.9. The summed E-state index contributed by atoms with van der Waals surface area (Å²) >= 11 is 1.69. The number of azo groups is 1. The van der Waals surface area contributed by atoms with E-state index in [4.69, 9.17) is 4.99 Å². The van der Waals surface area contributed by atoms with Gasteiger partial charge in [-0.25, -0.2) is 4.99 Å². The van der Waals surface area contributed by atoms with Gasteiger partial charge in [-0.3, -0.25) is 10.1 Å². The highest BCUT2D eigenvalue weighted by atomic mass is 32.2. The van der Waals surface area contributed by atoms with Crippen molar-refractivity contribution in [3.05, 3.63) is 94.5 Å². The summed E-state index contributed by atoms with van der Waals surface area (Å²) in [4.78, 5) is 16.1. The molecule has 132 valence electrons. The monoisotopic (exact) mass is 374 g/mol. The maximum atomic E-state index is 10.8. The molecule has 1 unspecified atom stereocenters. The van der Waals surface area contributed by atoms with Gasteiger partial charge in [0.15, 0.2) is 5.84 Å². The van der Waals surface area contributed by atoms with Gasteiger partial charge in [0.25, 0.3) is 5.69 Å². The molecule has 7 heteroatoms. The lowest BCUT2D eigenvalue weighted by molar-refractivity contribution is -0.384. The number of non-ortho nitro benzene ring substituents is 1. The van der Waals surface area contributed by atoms with Crippen molar-refractivity contribution in [3.63, 3.8) is 0 Å². The Hall–Kier alpha value is -3.32. The molecule has 0 N–H and O–H groups in total. The number of thioether (sulfide) groups is 1. The predicted molar refractivity (Wildman–Crippen MR) is 106 cm³/mol. The minimum atomic E-state index is -0.439. The van der Waals surface area contributed by atoms with Crippen LogP contribution < -0.4 is 0 Å². The van der Waals surface area contributed by atoms with Gasteiger partial charge in [0.05, 0.1) is 21.5 Å². The first-order valence-corrected chi connectivity index (χ1v) is 9.14. The van der Waals surface area contributed by atoms with Crippen molar-refractivity contribution >= 4 is 34.7 Å². The molecular weight excluding hydrogens is 360 g/mol. The van der Waals surface area contributed by atoms with Crippen LogP contribution in [0.2, 0.25) is 0 Å². The average molecular weight is 374 g/mol. The minimum absolute atomic E-state index is 0.0237. The number of para-hydroxylation sites is 1. The molecule has 6 nitrogen and oxygen atoms in total. The molecule has 0 bridgehead atoms. The molecule has 1 heterocycles. The second-order valence-electron chi connectivity index (χ2n) is 5.82. The molecule has 3 aromatic carbocycles. The molecule has 1 atom stereocenters. The standard InChI is InChI=1S/C20H14N4O2S/c25-24(26)16-12-10-15(11-13-16)22-23-20-19(14-6-2-1-3-7-14)27-18-9-5-4-8-17(18)21-20/h1-13,19H. The van der Waals surface area contributed by atoms with Crippen LogP contribution in [0.15, 0.2) is 99.0 Å². The number of fused-ring (bicyclic) bond motifs is 1. The van der Waals surface area contributed by atoms with E-state index >= 15 is 0 Å². The third kappa shape index (κ3) is 3.78. The normalized spacial score (nSPS) is 16.0. The van der Waals surface area contributed by atoms with Crippen LogP contribution >= 0.6 is 11.8 Å². The van der Waals surface area contributed by atoms with Gasteiger partial charge >= 0.3 is 0 Å². The molecule has 0 aromatic heterocycles. The number of hydrogen-bond donors (Lipinski definition) is 0. The summed E-state index contributed by atoms with van der Waals surface area (Å²) in [7, 11) is 0. The topological polar surface area (TPSA) is 80.2 Å². The Morgan fingerprint density at radius 2 is 1.59 bits per heavy atom. The highest BCUT2D eigenvalue weighted by molar-refractivity contribution is 8.00. The number of nitro benzene ring substituents is 1. The molecular formula is C20H14N4O2S. The minimum Gasteiger partial charge on any atom is -0.258 e. The van der Waals surface area contributed by atoms with Crippen LogP contribution in [0.5, 0.6) is 0 Å². The van der Waals surface area contributed by atoms with E-state index in [2.05, 4.69) is 10.2 Å². The van der Waals surface area contributed by atoms with E-state index in [1.165, 1.54) is 12.1 Å². The Morgan fingerprint density at radius 1 is 0.889 bits per heavy atom. The molecule has 0 radical (unpaired) electrons. The molecule has 0 saturated carbocycles. The van der Waals surface area contributed by atoms with Gasteiger partial charge in [-0.05, 0) is 29.8 Å². The third-order valence-corrected chi connectivity index (χ3v) is 5.33. The number of amidine groups is 1. The van der Waals surface area contributed by atoms with E-state index in [9.17, 15) is 10.1 Å². The molecule has 4 rings (SSSR count). The Balaban J connectivity index is 1.68. The first-order valence-electron chi connectivity index (χ1n) is 8.26. The number of aliphatic imine (C=N–C) groups is 1. The molecule has 0 amide bonds. The largest absolute Gasteiger partial charge is 0.269 e. The summed E-state index contributed by atoms with van der Waals surface area (Å²) in [5.41, 5.74) is 2.53. The maximum absolute atomic E-state index is 10.8. The Kier molecular flexibility index (Phi) is 4.76. The van der Waals surface area contributed by atoms with Gasteiger partial charge in [0, 0.05) is 17.0 Å². The fourth-order valence-electron chi connectivity index (χ4n) is 2.68. The van der Waals surface area contributed by atoms with Crippen molar-refractivity contribution in [2.75, 3.05) is 0 Å². The molecule has 1 aliphatic heterocycles. The van der Waals surface area contributed by atoms with E-state index in [-0.39, 0.29) is 10.9 Å². The lowest BCUT2D eigenvalue weighted by Gasteiger charge is -2.21. The fourth-order valence-corrected chi connectivity index (χ4v) is 3.82. The second-order valence-corrected chi connectivity index (χ2v) is 6.97. The highest BCUT2D eigenvalue weighted by Gasteiger charge is 2.25. The van der Waals surface area contributed by atoms with E-state index in [1.807, 2.05) is 54.6 Å². The zero-order valence-corrected chi connectivity index (χ0v) is 14.9. The zero-order chi connectivity index (χ0) is 18.6. The summed E-state index contributed by atoms with van der Waals surface area (Å²) in [6.07, 6.45) is 0. The second kappa shape index (κ2) is 7.51. The van der Waals surface area contributed by atoms with Crippen molar-refractivity contribution in [3.8, 4) is 0 Å². The number of benzene rings is 3. The smallest absolute Gasteiger partial charge is 0.258 e. The number of rotatable bonds is 3. The predicted octanol–water partition coefficient (Wildman–Crippen LogP) is 6.26. The maximum Gasteiger partial charge on any atom is 0.269 e. The highest BCUT2D eigenvalue weighted by Crippen LogP contribution is 2.45. The summed E-state index contributed by atoms with van der Waals surface area (Å²) in [5, 5.41) is 19.3. The van der Waals surface area contributed by atoms with Gasteiger partial charge in [-0.2, -0.15) is 0 Å². The van der Waals surface area contributed by atoms with Crippen LogP contribution in [0.4, 0.5) is 17.1 Å². The first-order chi connectivity index (χ1) is 13.2. The van der Waals surface area contributed by atoms with Crippen molar-refractivity contribution in [2.24, 2.45) is 15.2 Å². The van der Waals surface area contributed by atoms with Crippen LogP contribution in [-0.4, -0.2) is 10.8 Å². The van der Waals surface area contributed by atoms with Crippen molar-refractivity contribution < 1.29 is 4.92 Å². The van der Waals surface area contributed by atoms with Crippen LogP contribution in [0.1, 0.15) is 10.8 Å². The summed E-state index contributed by atoms with van der Waals surface area (Å²) in [5.74, 6) is 0.600. The van der Waals surface area contributed by atoms with Gasteiger partial charge in [-0.15, -0.1) is 22.0 Å². The van der Waals surface area contributed by atoms with Gasteiger partial charge in [-0.1, -0.05) is 42.5 Å². The summed E-state index contributed by atoms with van der Waals surface area (Å²) < 4.78 is 0. The van der Waals surface area contributed by atoms with E-state index in [1.54, 1.807) is 23.9 Å². The first kappa shape index (κ1) is 17.1. The van der Waals surface area contributed by atoms with Gasteiger partial charge < -0.3 is 0 Å². The Labute approximate surface area is 159 Å². The number of nitro groups is 1. The van der Waals surface area contributed by atoms with Crippen LogP contribution in [0.25, 0.3) is 0 Å². The van der Waals surface area contributed by atoms with Gasteiger partial charge in [0.2, 0.25) is 0 Å². The third-order valence-electron chi connectivity index (χ3n) is 4.01. The molecule has 3 aromatic rings. The van der Waals surface area contributed by atoms with Crippen LogP contribution in [-0.2, 0) is 0 Å². The molecule has 0 fully saturated rings. The lowest BCUT2D eigenvalue weighted by Crippen LogP contribution is -2.09. The quantitative estimate of drug-likeness (QED) is 0.308. The molecule has 1 aliphatic rings. The lowest BCUT2D eigenvalue weighted by atomic mass is 10.1. The fraction of sp³-hybridized carbons (Fsp3) is 0.0500. The van der Waals surface area contributed by atoms with E-state index in [0.29, 0.717) is 11.5 Å². The SMILES string of the molecule is O=[N+]([O-])c1ccc(N=NC2=Nc3ccccc3SC2c2ccccc2)cc1. The van der Waals surface area contributed by atoms with Crippen molar-refractivity contribution in [2.45, 2.75) is 10.1 Å². The van der Waals surface area contributed by atoms with E-state index < -0.39 is 4.92 Å². The number of hydrogen-bond acceptors (Lipinski definition) is 6. The van der Waals surface area contributed by atoms with E-state index in [0.717, 1.165) is 16.1 Å². The van der Waals surface area contributed by atoms with Crippen LogP contribution in [0, 0.1) is 10.1 Å². The average Bonchev–Trinajstić information content (AvgIpc) is 2.72.